The fraction of sp³-hybridized carbons (Fsp3) is 0.182. The number of hydrogen-bond donors (Lipinski definition) is 0. The van der Waals surface area contributed by atoms with E-state index in [-0.39, 0.29) is 18.3 Å². The van der Waals surface area contributed by atoms with Crippen LogP contribution in [0.25, 0.3) is 11.5 Å². The number of anilines is 2. The van der Waals surface area contributed by atoms with E-state index in [4.69, 9.17) is 16.0 Å². The smallest absolute Gasteiger partial charge is 0.388 e. The molecule has 0 atom stereocenters. The van der Waals surface area contributed by atoms with Crippen LogP contribution >= 0.6 is 22.9 Å². The Labute approximate surface area is 191 Å². The first-order chi connectivity index (χ1) is 15.2. The van der Waals surface area contributed by atoms with E-state index in [0.29, 0.717) is 27.1 Å². The summed E-state index contributed by atoms with van der Waals surface area (Å²) in [5.41, 5.74) is 3.41. The van der Waals surface area contributed by atoms with Crippen molar-refractivity contribution in [3.8, 4) is 11.5 Å². The molecule has 0 bridgehead atoms. The van der Waals surface area contributed by atoms with Gasteiger partial charge < -0.3 is 4.42 Å². The van der Waals surface area contributed by atoms with Gasteiger partial charge in [-0.25, -0.2) is 14.2 Å². The quantitative estimate of drug-likeness (QED) is 0.403. The summed E-state index contributed by atoms with van der Waals surface area (Å²) in [4.78, 5) is 30.7. The van der Waals surface area contributed by atoms with Crippen molar-refractivity contribution in [2.75, 3.05) is 4.90 Å². The third-order valence-electron chi connectivity index (χ3n) is 4.68. The van der Waals surface area contributed by atoms with Gasteiger partial charge in [-0.2, -0.15) is 4.68 Å². The maximum atomic E-state index is 13.1. The third kappa shape index (κ3) is 4.35. The molecule has 1 amide bonds. The summed E-state index contributed by atoms with van der Waals surface area (Å²) in [6, 6.07) is 9.21. The van der Waals surface area contributed by atoms with Crippen molar-refractivity contribution in [2.24, 2.45) is 0 Å². The SMILES string of the molecule is CC(=O)N(c1nc(Cn2nc(-c3ccc(F)cc3)oc2=O)cs1)c1c(C)cc(C)cc1Cl. The average Bonchev–Trinajstić information content (AvgIpc) is 3.32. The number of aromatic nitrogens is 3. The second-order valence-corrected chi connectivity index (χ2v) is 8.47. The number of aryl methyl sites for hydroxylation is 2. The highest BCUT2D eigenvalue weighted by Crippen LogP contribution is 2.37. The van der Waals surface area contributed by atoms with Crippen molar-refractivity contribution in [1.29, 1.82) is 0 Å². The number of halogens is 2. The van der Waals surface area contributed by atoms with Gasteiger partial charge in [-0.3, -0.25) is 9.69 Å². The van der Waals surface area contributed by atoms with Crippen LogP contribution in [0.15, 0.2) is 51.0 Å². The Hall–Kier alpha value is -3.30. The van der Waals surface area contributed by atoms with Crippen molar-refractivity contribution >= 4 is 39.7 Å². The molecule has 0 aliphatic rings. The van der Waals surface area contributed by atoms with Gasteiger partial charge in [0.15, 0.2) is 5.13 Å². The van der Waals surface area contributed by atoms with Crippen LogP contribution < -0.4 is 10.7 Å². The van der Waals surface area contributed by atoms with E-state index in [0.717, 1.165) is 15.8 Å². The molecule has 164 valence electrons. The molecule has 0 saturated carbocycles. The molecule has 7 nitrogen and oxygen atoms in total. The Morgan fingerprint density at radius 1 is 1.25 bits per heavy atom. The number of thiazole rings is 1. The molecule has 0 aliphatic carbocycles. The topological polar surface area (TPSA) is 81.2 Å². The van der Waals surface area contributed by atoms with Crippen molar-refractivity contribution in [3.05, 3.63) is 80.0 Å². The molecule has 2 aromatic heterocycles. The van der Waals surface area contributed by atoms with Crippen LogP contribution in [0.5, 0.6) is 0 Å². The molecule has 2 aromatic carbocycles. The minimum Gasteiger partial charge on any atom is -0.388 e. The summed E-state index contributed by atoms with van der Waals surface area (Å²) >= 11 is 7.70. The van der Waals surface area contributed by atoms with Crippen LogP contribution in [-0.4, -0.2) is 20.7 Å². The highest BCUT2D eigenvalue weighted by Gasteiger charge is 2.23. The summed E-state index contributed by atoms with van der Waals surface area (Å²) in [6.07, 6.45) is 0. The molecule has 4 rings (SSSR count). The molecule has 32 heavy (non-hydrogen) atoms. The summed E-state index contributed by atoms with van der Waals surface area (Å²) in [7, 11) is 0. The molecular weight excluding hydrogens is 455 g/mol. The minimum atomic E-state index is -0.667. The molecular formula is C22H18ClFN4O3S. The predicted octanol–water partition coefficient (Wildman–Crippen LogP) is 5.10. The summed E-state index contributed by atoms with van der Waals surface area (Å²) < 4.78 is 19.4. The number of amides is 1. The number of hydrogen-bond acceptors (Lipinski definition) is 6. The van der Waals surface area contributed by atoms with E-state index >= 15 is 0 Å². The van der Waals surface area contributed by atoms with E-state index < -0.39 is 11.6 Å². The van der Waals surface area contributed by atoms with Gasteiger partial charge in [0.05, 0.1) is 22.9 Å². The Balaban J connectivity index is 1.63. The predicted molar refractivity (Wildman–Crippen MR) is 121 cm³/mol. The van der Waals surface area contributed by atoms with Crippen LogP contribution in [0.3, 0.4) is 0 Å². The minimum absolute atomic E-state index is 0.0480. The molecule has 2 heterocycles. The lowest BCUT2D eigenvalue weighted by Crippen LogP contribution is -2.24. The van der Waals surface area contributed by atoms with E-state index in [1.165, 1.54) is 47.4 Å². The zero-order chi connectivity index (χ0) is 23.0. The molecule has 0 fully saturated rings. The maximum absolute atomic E-state index is 13.1. The van der Waals surface area contributed by atoms with Crippen LogP contribution in [0, 0.1) is 19.7 Å². The maximum Gasteiger partial charge on any atom is 0.437 e. The van der Waals surface area contributed by atoms with Gasteiger partial charge in [0.1, 0.15) is 5.82 Å². The third-order valence-corrected chi connectivity index (χ3v) is 5.84. The monoisotopic (exact) mass is 472 g/mol. The number of benzene rings is 2. The number of carbonyl (C=O) groups excluding carboxylic acids is 1. The van der Waals surface area contributed by atoms with Gasteiger partial charge in [0.2, 0.25) is 11.8 Å². The Morgan fingerprint density at radius 2 is 1.97 bits per heavy atom. The van der Waals surface area contributed by atoms with Crippen LogP contribution in [0.1, 0.15) is 23.7 Å². The molecule has 0 unspecified atom stereocenters. The standard InChI is InChI=1S/C22H18ClFN4O3S/c1-12-8-13(2)19(18(23)9-12)28(14(3)29)21-25-17(11-32-21)10-27-22(30)31-20(26-27)15-4-6-16(24)7-5-15/h4-9,11H,10H2,1-3H3. The van der Waals surface area contributed by atoms with E-state index in [2.05, 4.69) is 10.1 Å². The highest BCUT2D eigenvalue weighted by molar-refractivity contribution is 7.14. The first-order valence-electron chi connectivity index (χ1n) is 9.58. The Kier molecular flexibility index (Phi) is 5.94. The zero-order valence-electron chi connectivity index (χ0n) is 17.4. The molecule has 4 aromatic rings. The fourth-order valence-corrected chi connectivity index (χ4v) is 4.59. The fourth-order valence-electron chi connectivity index (χ4n) is 3.32. The molecule has 0 radical (unpaired) electrons. The van der Waals surface area contributed by atoms with Gasteiger partial charge in [-0.05, 0) is 55.3 Å². The van der Waals surface area contributed by atoms with Gasteiger partial charge in [0.25, 0.3) is 0 Å². The first-order valence-corrected chi connectivity index (χ1v) is 10.8. The lowest BCUT2D eigenvalue weighted by Gasteiger charge is -2.22. The molecule has 0 saturated heterocycles. The summed E-state index contributed by atoms with van der Waals surface area (Å²) in [6.45, 7) is 5.29. The lowest BCUT2D eigenvalue weighted by atomic mass is 10.1. The summed E-state index contributed by atoms with van der Waals surface area (Å²) in [5, 5.41) is 6.78. The molecule has 0 spiro atoms. The first kappa shape index (κ1) is 21.9. The highest BCUT2D eigenvalue weighted by atomic mass is 35.5. The second-order valence-electron chi connectivity index (χ2n) is 7.23. The Morgan fingerprint density at radius 3 is 2.62 bits per heavy atom. The average molecular weight is 473 g/mol. The van der Waals surface area contributed by atoms with Gasteiger partial charge in [0, 0.05) is 17.9 Å². The van der Waals surface area contributed by atoms with Crippen molar-refractivity contribution in [3.63, 3.8) is 0 Å². The molecule has 0 aliphatic heterocycles. The van der Waals surface area contributed by atoms with E-state index in [1.54, 1.807) is 11.4 Å². The van der Waals surface area contributed by atoms with Gasteiger partial charge >= 0.3 is 5.76 Å². The molecule has 0 N–H and O–H groups in total. The second kappa shape index (κ2) is 8.68. The van der Waals surface area contributed by atoms with E-state index in [9.17, 15) is 14.0 Å². The van der Waals surface area contributed by atoms with Gasteiger partial charge in [-0.1, -0.05) is 17.7 Å². The number of rotatable bonds is 5. The molecule has 10 heteroatoms. The summed E-state index contributed by atoms with van der Waals surface area (Å²) in [5.74, 6) is -1.22. The van der Waals surface area contributed by atoms with Crippen molar-refractivity contribution < 1.29 is 13.6 Å². The normalized spacial score (nSPS) is 11.0. The van der Waals surface area contributed by atoms with Crippen molar-refractivity contribution in [1.82, 2.24) is 14.8 Å². The number of carbonyl (C=O) groups is 1. The Bertz CT molecular complexity index is 1340. The largest absolute Gasteiger partial charge is 0.437 e. The lowest BCUT2D eigenvalue weighted by molar-refractivity contribution is -0.115. The van der Waals surface area contributed by atoms with Crippen LogP contribution in [0.2, 0.25) is 5.02 Å². The number of nitrogens with zero attached hydrogens (tertiary/aromatic N) is 4. The van der Waals surface area contributed by atoms with Crippen LogP contribution in [-0.2, 0) is 11.3 Å². The zero-order valence-corrected chi connectivity index (χ0v) is 19.0. The van der Waals surface area contributed by atoms with Crippen LogP contribution in [0.4, 0.5) is 15.2 Å². The van der Waals surface area contributed by atoms with Gasteiger partial charge in [-0.15, -0.1) is 16.4 Å². The van der Waals surface area contributed by atoms with Crippen molar-refractivity contribution in [2.45, 2.75) is 27.3 Å². The van der Waals surface area contributed by atoms with E-state index in [1.807, 2.05) is 19.9 Å².